The summed E-state index contributed by atoms with van der Waals surface area (Å²) in [7, 11) is 0. The predicted octanol–water partition coefficient (Wildman–Crippen LogP) is 2.81. The lowest BCUT2D eigenvalue weighted by molar-refractivity contribution is -0.137. The standard InChI is InChI=1S/C11H10F3NO/c1-7(15-8(2)16)9-3-5-10(6-4-9)11(12,13)14/h3-6H,1H2,2H3,(H,15,16). The first-order chi connectivity index (χ1) is 7.30. The zero-order valence-electron chi connectivity index (χ0n) is 8.56. The third-order valence-electron chi connectivity index (χ3n) is 1.89. The van der Waals surface area contributed by atoms with Gasteiger partial charge in [-0.25, -0.2) is 0 Å². The van der Waals surface area contributed by atoms with Crippen LogP contribution in [0.2, 0.25) is 0 Å². The molecule has 5 heteroatoms. The van der Waals surface area contributed by atoms with Crippen molar-refractivity contribution in [2.24, 2.45) is 0 Å². The van der Waals surface area contributed by atoms with Gasteiger partial charge in [0.25, 0.3) is 0 Å². The fraction of sp³-hybridized carbons (Fsp3) is 0.182. The molecule has 1 aromatic rings. The summed E-state index contributed by atoms with van der Waals surface area (Å²) in [6.07, 6.45) is -4.35. The van der Waals surface area contributed by atoms with E-state index < -0.39 is 11.7 Å². The molecule has 0 aliphatic heterocycles. The van der Waals surface area contributed by atoms with Crippen LogP contribution in [0.5, 0.6) is 0 Å². The average Bonchev–Trinajstić information content (AvgIpc) is 2.15. The van der Waals surface area contributed by atoms with E-state index in [1.807, 2.05) is 0 Å². The number of carbonyl (C=O) groups excluding carboxylic acids is 1. The summed E-state index contributed by atoms with van der Waals surface area (Å²) in [5.41, 5.74) is -0.00343. The summed E-state index contributed by atoms with van der Waals surface area (Å²) in [5.74, 6) is -0.315. The van der Waals surface area contributed by atoms with Crippen LogP contribution < -0.4 is 5.32 Å². The Balaban J connectivity index is 2.87. The van der Waals surface area contributed by atoms with E-state index in [0.717, 1.165) is 12.1 Å². The maximum absolute atomic E-state index is 12.2. The highest BCUT2D eigenvalue weighted by Gasteiger charge is 2.29. The van der Waals surface area contributed by atoms with E-state index in [2.05, 4.69) is 11.9 Å². The molecule has 0 aromatic heterocycles. The van der Waals surface area contributed by atoms with Crippen molar-refractivity contribution in [3.8, 4) is 0 Å². The molecule has 0 unspecified atom stereocenters. The zero-order valence-corrected chi connectivity index (χ0v) is 8.56. The molecule has 16 heavy (non-hydrogen) atoms. The van der Waals surface area contributed by atoms with Gasteiger partial charge in [0.2, 0.25) is 5.91 Å². The lowest BCUT2D eigenvalue weighted by atomic mass is 10.1. The van der Waals surface area contributed by atoms with Crippen LogP contribution in [0.15, 0.2) is 30.8 Å². The molecule has 0 atom stereocenters. The Kier molecular flexibility index (Phi) is 3.37. The van der Waals surface area contributed by atoms with Crippen molar-refractivity contribution < 1.29 is 18.0 Å². The minimum absolute atomic E-state index is 0.279. The van der Waals surface area contributed by atoms with Crippen LogP contribution in [-0.2, 0) is 11.0 Å². The average molecular weight is 229 g/mol. The molecule has 86 valence electrons. The number of rotatable bonds is 2. The van der Waals surface area contributed by atoms with Gasteiger partial charge in [0.15, 0.2) is 0 Å². The molecule has 0 bridgehead atoms. The van der Waals surface area contributed by atoms with Crippen LogP contribution >= 0.6 is 0 Å². The fourth-order valence-electron chi connectivity index (χ4n) is 1.15. The van der Waals surface area contributed by atoms with Crippen LogP contribution in [0.1, 0.15) is 18.1 Å². The molecule has 2 nitrogen and oxygen atoms in total. The second-order valence-corrected chi connectivity index (χ2v) is 3.23. The van der Waals surface area contributed by atoms with Gasteiger partial charge in [-0.3, -0.25) is 4.79 Å². The first-order valence-electron chi connectivity index (χ1n) is 4.45. The van der Waals surface area contributed by atoms with E-state index in [4.69, 9.17) is 0 Å². The number of carbonyl (C=O) groups is 1. The molecule has 1 rings (SSSR count). The van der Waals surface area contributed by atoms with E-state index in [-0.39, 0.29) is 11.6 Å². The molecule has 1 aromatic carbocycles. The third kappa shape index (κ3) is 3.12. The maximum atomic E-state index is 12.2. The number of hydrogen-bond donors (Lipinski definition) is 1. The van der Waals surface area contributed by atoms with Crippen molar-refractivity contribution >= 4 is 11.6 Å². The molecular formula is C11H10F3NO. The summed E-state index contributed by atoms with van der Waals surface area (Å²) in [6.45, 7) is 4.84. The maximum Gasteiger partial charge on any atom is 0.416 e. The summed E-state index contributed by atoms with van der Waals surface area (Å²) in [4.78, 5) is 10.7. The Morgan fingerprint density at radius 1 is 1.25 bits per heavy atom. The predicted molar refractivity (Wildman–Crippen MR) is 54.3 cm³/mol. The number of amides is 1. The Hall–Kier alpha value is -1.78. The van der Waals surface area contributed by atoms with E-state index >= 15 is 0 Å². The van der Waals surface area contributed by atoms with Crippen molar-refractivity contribution in [1.29, 1.82) is 0 Å². The Bertz CT molecular complexity index is 406. The summed E-state index contributed by atoms with van der Waals surface area (Å²) in [5, 5.41) is 2.40. The second kappa shape index (κ2) is 4.38. The van der Waals surface area contributed by atoms with Crippen LogP contribution in [0, 0.1) is 0 Å². The van der Waals surface area contributed by atoms with E-state index in [1.54, 1.807) is 0 Å². The van der Waals surface area contributed by atoms with Gasteiger partial charge in [-0.2, -0.15) is 13.2 Å². The van der Waals surface area contributed by atoms with Crippen molar-refractivity contribution in [2.45, 2.75) is 13.1 Å². The first-order valence-corrected chi connectivity index (χ1v) is 4.45. The highest BCUT2D eigenvalue weighted by Crippen LogP contribution is 2.29. The van der Waals surface area contributed by atoms with Crippen LogP contribution in [0.3, 0.4) is 0 Å². The van der Waals surface area contributed by atoms with E-state index in [9.17, 15) is 18.0 Å². The Morgan fingerprint density at radius 2 is 1.75 bits per heavy atom. The third-order valence-corrected chi connectivity index (χ3v) is 1.89. The highest BCUT2D eigenvalue weighted by molar-refractivity contribution is 5.84. The van der Waals surface area contributed by atoms with Gasteiger partial charge in [-0.1, -0.05) is 18.7 Å². The lowest BCUT2D eigenvalue weighted by Gasteiger charge is -2.09. The monoisotopic (exact) mass is 229 g/mol. The van der Waals surface area contributed by atoms with Gasteiger partial charge >= 0.3 is 6.18 Å². The van der Waals surface area contributed by atoms with Gasteiger partial charge in [0.05, 0.1) is 5.56 Å². The zero-order chi connectivity index (χ0) is 12.3. The molecule has 0 aliphatic carbocycles. The SMILES string of the molecule is C=C(NC(C)=O)c1ccc(C(F)(F)F)cc1. The normalized spacial score (nSPS) is 11.0. The smallest absolute Gasteiger partial charge is 0.326 e. The van der Waals surface area contributed by atoms with Crippen LogP contribution in [0.25, 0.3) is 5.70 Å². The van der Waals surface area contributed by atoms with Gasteiger partial charge in [-0.15, -0.1) is 0 Å². The fourth-order valence-corrected chi connectivity index (χ4v) is 1.15. The van der Waals surface area contributed by atoms with Crippen molar-refractivity contribution in [3.63, 3.8) is 0 Å². The number of benzene rings is 1. The molecular weight excluding hydrogens is 219 g/mol. The van der Waals surface area contributed by atoms with Crippen molar-refractivity contribution in [1.82, 2.24) is 5.32 Å². The largest absolute Gasteiger partial charge is 0.416 e. The van der Waals surface area contributed by atoms with Crippen molar-refractivity contribution in [2.75, 3.05) is 0 Å². The highest BCUT2D eigenvalue weighted by atomic mass is 19.4. The molecule has 1 N–H and O–H groups in total. The summed E-state index contributed by atoms with van der Waals surface area (Å²) >= 11 is 0. The number of alkyl halides is 3. The molecule has 0 saturated heterocycles. The minimum Gasteiger partial charge on any atom is -0.326 e. The second-order valence-electron chi connectivity index (χ2n) is 3.23. The molecule has 0 heterocycles. The topological polar surface area (TPSA) is 29.1 Å². The molecule has 0 saturated carbocycles. The van der Waals surface area contributed by atoms with Crippen LogP contribution in [-0.4, -0.2) is 5.91 Å². The van der Waals surface area contributed by atoms with Gasteiger partial charge < -0.3 is 5.32 Å². The van der Waals surface area contributed by atoms with Gasteiger partial charge in [0.1, 0.15) is 0 Å². The van der Waals surface area contributed by atoms with Crippen molar-refractivity contribution in [3.05, 3.63) is 42.0 Å². The molecule has 0 spiro atoms. The lowest BCUT2D eigenvalue weighted by Crippen LogP contribution is -2.17. The summed E-state index contributed by atoms with van der Waals surface area (Å²) < 4.78 is 36.7. The van der Waals surface area contributed by atoms with Crippen LogP contribution in [0.4, 0.5) is 13.2 Å². The van der Waals surface area contributed by atoms with E-state index in [1.165, 1.54) is 19.1 Å². The Morgan fingerprint density at radius 3 is 2.12 bits per heavy atom. The molecule has 0 radical (unpaired) electrons. The number of hydrogen-bond acceptors (Lipinski definition) is 1. The minimum atomic E-state index is -4.35. The molecule has 1 amide bonds. The quantitative estimate of drug-likeness (QED) is 0.830. The van der Waals surface area contributed by atoms with Gasteiger partial charge in [0, 0.05) is 12.6 Å². The van der Waals surface area contributed by atoms with E-state index in [0.29, 0.717) is 5.56 Å². The number of nitrogens with one attached hydrogen (secondary N) is 1. The first kappa shape index (κ1) is 12.3. The number of halogens is 3. The summed E-state index contributed by atoms with van der Waals surface area (Å²) in [6, 6.07) is 4.42. The Labute approximate surface area is 90.8 Å². The van der Waals surface area contributed by atoms with Gasteiger partial charge in [-0.05, 0) is 17.7 Å². The molecule has 0 fully saturated rings. The molecule has 0 aliphatic rings.